The quantitative estimate of drug-likeness (QED) is 0.0445. The zero-order chi connectivity index (χ0) is 44.0. The van der Waals surface area contributed by atoms with Gasteiger partial charge in [0.05, 0.1) is 24.9 Å². The first-order chi connectivity index (χ1) is 29.4. The van der Waals surface area contributed by atoms with Gasteiger partial charge in [0, 0.05) is 18.6 Å². The van der Waals surface area contributed by atoms with Gasteiger partial charge in [0.25, 0.3) is 0 Å². The van der Waals surface area contributed by atoms with Crippen molar-refractivity contribution in [2.24, 2.45) is 17.3 Å². The fourth-order valence-corrected chi connectivity index (χ4v) is 10.6. The molecular weight excluding hydrogens is 781 g/mol. The molecule has 0 heterocycles. The van der Waals surface area contributed by atoms with Crippen LogP contribution in [-0.4, -0.2) is 61.9 Å². The highest BCUT2D eigenvalue weighted by molar-refractivity contribution is 7.99. The van der Waals surface area contributed by atoms with Crippen molar-refractivity contribution in [3.8, 4) is 0 Å². The smallest absolute Gasteiger partial charge is 0.306 e. The summed E-state index contributed by atoms with van der Waals surface area (Å²) < 4.78 is 17.3. The maximum Gasteiger partial charge on any atom is 0.306 e. The molecule has 0 aromatic heterocycles. The summed E-state index contributed by atoms with van der Waals surface area (Å²) in [7, 11) is 1.67. The molecule has 0 fully saturated rings. The Bertz CT molecular complexity index is 836. The van der Waals surface area contributed by atoms with Crippen molar-refractivity contribution in [2.75, 3.05) is 49.9 Å². The molecule has 0 aromatic carbocycles. The molecular formula is C53H104O5S2. The van der Waals surface area contributed by atoms with E-state index >= 15 is 0 Å². The number of hydrogen-bond donors (Lipinski definition) is 0. The van der Waals surface area contributed by atoms with Crippen molar-refractivity contribution in [3.05, 3.63) is 0 Å². The molecule has 2 unspecified atom stereocenters. The van der Waals surface area contributed by atoms with Gasteiger partial charge in [-0.25, -0.2) is 0 Å². The van der Waals surface area contributed by atoms with Gasteiger partial charge in [0.15, 0.2) is 0 Å². The lowest BCUT2D eigenvalue weighted by Crippen LogP contribution is -2.38. The Balaban J connectivity index is 4.69. The van der Waals surface area contributed by atoms with Gasteiger partial charge in [0.1, 0.15) is 13.2 Å². The minimum Gasteiger partial charge on any atom is -0.465 e. The zero-order valence-electron chi connectivity index (χ0n) is 41.2. The first-order valence-corrected chi connectivity index (χ1v) is 28.7. The molecule has 0 amide bonds. The number of carbonyl (C=O) groups is 2. The zero-order valence-corrected chi connectivity index (χ0v) is 42.8. The Hall–Kier alpha value is -0.400. The summed E-state index contributed by atoms with van der Waals surface area (Å²) in [5, 5.41) is 0. The van der Waals surface area contributed by atoms with Gasteiger partial charge in [0.2, 0.25) is 0 Å². The van der Waals surface area contributed by atoms with Crippen LogP contribution in [0.4, 0.5) is 0 Å². The predicted octanol–water partition coefficient (Wildman–Crippen LogP) is 17.2. The predicted molar refractivity (Wildman–Crippen MR) is 268 cm³/mol. The molecule has 7 heteroatoms. The first kappa shape index (κ1) is 59.6. The van der Waals surface area contributed by atoms with Gasteiger partial charge in [-0.1, -0.05) is 214 Å². The van der Waals surface area contributed by atoms with Crippen molar-refractivity contribution in [2.45, 2.75) is 259 Å². The molecule has 0 N–H and O–H groups in total. The highest BCUT2D eigenvalue weighted by Gasteiger charge is 2.32. The fourth-order valence-electron chi connectivity index (χ4n) is 8.34. The van der Waals surface area contributed by atoms with Gasteiger partial charge in [-0.05, 0) is 55.4 Å². The Morgan fingerprint density at radius 3 is 0.967 bits per heavy atom. The summed E-state index contributed by atoms with van der Waals surface area (Å²) in [5.74, 6) is 5.10. The largest absolute Gasteiger partial charge is 0.465 e. The summed E-state index contributed by atoms with van der Waals surface area (Å²) >= 11 is 3.86. The molecule has 5 nitrogen and oxygen atoms in total. The van der Waals surface area contributed by atoms with Crippen LogP contribution in [0, 0.1) is 17.3 Å². The van der Waals surface area contributed by atoms with Gasteiger partial charge >= 0.3 is 11.9 Å². The van der Waals surface area contributed by atoms with Crippen molar-refractivity contribution in [1.82, 2.24) is 0 Å². The second-order valence-corrected chi connectivity index (χ2v) is 20.9. The van der Waals surface area contributed by atoms with Crippen molar-refractivity contribution < 1.29 is 23.8 Å². The number of esters is 2. The fraction of sp³-hybridized carbons (Fsp3) is 0.962. The number of methoxy groups -OCH3 is 1. The Labute approximate surface area is 384 Å². The van der Waals surface area contributed by atoms with Crippen LogP contribution < -0.4 is 0 Å². The highest BCUT2D eigenvalue weighted by atomic mass is 32.2. The van der Waals surface area contributed by atoms with Gasteiger partial charge in [-0.15, -0.1) is 0 Å². The number of unbranched alkanes of at least 4 members (excludes halogenated alkanes) is 24. The van der Waals surface area contributed by atoms with E-state index in [4.69, 9.17) is 14.2 Å². The SMILES string of the molecule is CCCCCCCCCCC(CCCCCCCC)CSCCC(=O)OCC(CC)(COC)COC(=O)CCSCC(CCCCCCCC)CCCCCCCCCC. The minimum atomic E-state index is -0.517. The van der Waals surface area contributed by atoms with Crippen LogP contribution in [0.25, 0.3) is 0 Å². The third kappa shape index (κ3) is 39.2. The van der Waals surface area contributed by atoms with Crippen LogP contribution in [0.15, 0.2) is 0 Å². The van der Waals surface area contributed by atoms with Crippen LogP contribution in [0.3, 0.4) is 0 Å². The van der Waals surface area contributed by atoms with Gasteiger partial charge in [-0.2, -0.15) is 23.5 Å². The Morgan fingerprint density at radius 1 is 0.417 bits per heavy atom. The number of ether oxygens (including phenoxy) is 3. The Morgan fingerprint density at radius 2 is 0.700 bits per heavy atom. The van der Waals surface area contributed by atoms with Gasteiger partial charge in [-0.3, -0.25) is 9.59 Å². The highest BCUT2D eigenvalue weighted by Crippen LogP contribution is 2.27. The molecule has 358 valence electrons. The van der Waals surface area contributed by atoms with Crippen LogP contribution in [0.5, 0.6) is 0 Å². The number of hydrogen-bond acceptors (Lipinski definition) is 7. The van der Waals surface area contributed by atoms with Crippen molar-refractivity contribution in [1.29, 1.82) is 0 Å². The van der Waals surface area contributed by atoms with Gasteiger partial charge < -0.3 is 14.2 Å². The second kappa shape index (κ2) is 46.6. The molecule has 0 spiro atoms. The van der Waals surface area contributed by atoms with E-state index in [0.717, 1.165) is 34.8 Å². The monoisotopic (exact) mass is 885 g/mol. The standard InChI is InChI=1S/C53H104O5S2/c1-7-12-16-20-24-26-30-34-38-49(36-32-28-22-18-14-9-3)44-59-42-40-51(54)57-47-53(11-5,46-56-6)48-58-52(55)41-43-60-45-50(37-33-29-23-19-15-10-4)39-35-31-27-25-21-17-13-8-2/h49-50H,7-48H2,1-6H3. The van der Waals surface area contributed by atoms with Crippen LogP contribution in [0.2, 0.25) is 0 Å². The topological polar surface area (TPSA) is 61.8 Å². The van der Waals surface area contributed by atoms with E-state index in [2.05, 4.69) is 34.6 Å². The van der Waals surface area contributed by atoms with E-state index in [1.807, 2.05) is 23.5 Å². The molecule has 0 aliphatic rings. The molecule has 0 radical (unpaired) electrons. The molecule has 0 saturated carbocycles. The number of carbonyl (C=O) groups excluding carboxylic acids is 2. The van der Waals surface area contributed by atoms with E-state index in [9.17, 15) is 9.59 Å². The molecule has 0 saturated heterocycles. The molecule has 0 rings (SSSR count). The maximum atomic E-state index is 12.9. The third-order valence-corrected chi connectivity index (χ3v) is 15.2. The lowest BCUT2D eigenvalue weighted by molar-refractivity contribution is -0.156. The summed E-state index contributed by atoms with van der Waals surface area (Å²) in [6.45, 7) is 12.1. The summed E-state index contributed by atoms with van der Waals surface area (Å²) in [6, 6.07) is 0. The summed E-state index contributed by atoms with van der Waals surface area (Å²) in [5.41, 5.74) is -0.517. The average Bonchev–Trinajstić information content (AvgIpc) is 3.25. The van der Waals surface area contributed by atoms with Crippen LogP contribution in [-0.2, 0) is 23.8 Å². The maximum absolute atomic E-state index is 12.9. The molecule has 0 aliphatic heterocycles. The normalized spacial score (nSPS) is 13.6. The molecule has 2 atom stereocenters. The summed E-state index contributed by atoms with van der Waals surface area (Å²) in [6.07, 6.45) is 45.1. The van der Waals surface area contributed by atoms with E-state index in [1.165, 1.54) is 205 Å². The van der Waals surface area contributed by atoms with Crippen molar-refractivity contribution in [3.63, 3.8) is 0 Å². The van der Waals surface area contributed by atoms with E-state index in [-0.39, 0.29) is 25.2 Å². The van der Waals surface area contributed by atoms with Crippen LogP contribution in [0.1, 0.15) is 259 Å². The third-order valence-electron chi connectivity index (χ3n) is 12.8. The molecule has 0 aromatic rings. The number of rotatable bonds is 49. The lowest BCUT2D eigenvalue weighted by Gasteiger charge is -2.30. The molecule has 0 aliphatic carbocycles. The lowest BCUT2D eigenvalue weighted by atomic mass is 9.88. The van der Waals surface area contributed by atoms with E-state index < -0.39 is 5.41 Å². The second-order valence-electron chi connectivity index (χ2n) is 18.6. The van der Waals surface area contributed by atoms with E-state index in [1.54, 1.807) is 7.11 Å². The molecule has 60 heavy (non-hydrogen) atoms. The van der Waals surface area contributed by atoms with E-state index in [0.29, 0.717) is 25.9 Å². The van der Waals surface area contributed by atoms with Crippen LogP contribution >= 0.6 is 23.5 Å². The molecule has 0 bridgehead atoms. The summed E-state index contributed by atoms with van der Waals surface area (Å²) in [4.78, 5) is 25.9. The average molecular weight is 886 g/mol. The minimum absolute atomic E-state index is 0.155. The van der Waals surface area contributed by atoms with Crippen molar-refractivity contribution >= 4 is 35.5 Å². The Kier molecular flexibility index (Phi) is 46.3. The first-order valence-electron chi connectivity index (χ1n) is 26.4. The number of thioether (sulfide) groups is 2.